The summed E-state index contributed by atoms with van der Waals surface area (Å²) in [6.45, 7) is 1.65. The van der Waals surface area contributed by atoms with E-state index in [1.54, 1.807) is 24.1 Å². The molecule has 1 amide bonds. The third-order valence-electron chi connectivity index (χ3n) is 3.60. The van der Waals surface area contributed by atoms with Crippen LogP contribution in [0.5, 0.6) is 0 Å². The molecule has 0 radical (unpaired) electrons. The van der Waals surface area contributed by atoms with Crippen molar-refractivity contribution in [1.29, 1.82) is 0 Å². The van der Waals surface area contributed by atoms with Crippen LogP contribution in [0.3, 0.4) is 0 Å². The van der Waals surface area contributed by atoms with Crippen LogP contribution in [0.2, 0.25) is 0 Å². The van der Waals surface area contributed by atoms with Crippen LogP contribution in [-0.2, 0) is 4.79 Å². The number of carbonyl (C=O) groups excluding carboxylic acids is 1. The van der Waals surface area contributed by atoms with Crippen LogP contribution >= 0.6 is 0 Å². The van der Waals surface area contributed by atoms with E-state index in [0.29, 0.717) is 18.2 Å². The summed E-state index contributed by atoms with van der Waals surface area (Å²) in [5, 5.41) is 19.4. The SMILES string of the molecule is CN(CC1CCCN1)C(=O)c1cccc(C(=O)O)c1.O=C(O)C(F)(F)F. The molecule has 3 N–H and O–H groups in total. The van der Waals surface area contributed by atoms with E-state index in [4.69, 9.17) is 15.0 Å². The summed E-state index contributed by atoms with van der Waals surface area (Å²) < 4.78 is 31.7. The minimum absolute atomic E-state index is 0.137. The molecule has 144 valence electrons. The van der Waals surface area contributed by atoms with Crippen LogP contribution in [0.15, 0.2) is 24.3 Å². The van der Waals surface area contributed by atoms with Crippen molar-refractivity contribution in [2.45, 2.75) is 25.1 Å². The number of hydrogen-bond acceptors (Lipinski definition) is 4. The van der Waals surface area contributed by atoms with Crippen molar-refractivity contribution in [1.82, 2.24) is 10.2 Å². The van der Waals surface area contributed by atoms with Gasteiger partial charge >= 0.3 is 18.1 Å². The molecule has 1 heterocycles. The molecule has 0 spiro atoms. The van der Waals surface area contributed by atoms with Crippen LogP contribution in [0.1, 0.15) is 33.6 Å². The molecular weight excluding hydrogens is 357 g/mol. The number of benzene rings is 1. The second-order valence-electron chi connectivity index (χ2n) is 5.67. The molecule has 1 atom stereocenters. The van der Waals surface area contributed by atoms with Gasteiger partial charge in [0.15, 0.2) is 0 Å². The predicted octanol–water partition coefficient (Wildman–Crippen LogP) is 1.84. The number of rotatable bonds is 4. The number of halogens is 3. The van der Waals surface area contributed by atoms with Gasteiger partial charge in [0.05, 0.1) is 5.56 Å². The first kappa shape index (κ1) is 21.4. The first-order chi connectivity index (χ1) is 12.0. The number of hydrogen-bond donors (Lipinski definition) is 3. The summed E-state index contributed by atoms with van der Waals surface area (Å²) in [4.78, 5) is 33.6. The highest BCUT2D eigenvalue weighted by atomic mass is 19.4. The van der Waals surface area contributed by atoms with Crippen molar-refractivity contribution in [3.8, 4) is 0 Å². The Morgan fingerprint density at radius 3 is 2.27 bits per heavy atom. The molecule has 26 heavy (non-hydrogen) atoms. The van der Waals surface area contributed by atoms with Gasteiger partial charge in [0.2, 0.25) is 0 Å². The maximum Gasteiger partial charge on any atom is 0.490 e. The van der Waals surface area contributed by atoms with Gasteiger partial charge in [0.1, 0.15) is 0 Å². The zero-order valence-corrected chi connectivity index (χ0v) is 13.9. The smallest absolute Gasteiger partial charge is 0.478 e. The molecule has 1 fully saturated rings. The third kappa shape index (κ3) is 6.71. The number of nitrogens with zero attached hydrogens (tertiary/aromatic N) is 1. The first-order valence-electron chi connectivity index (χ1n) is 7.64. The monoisotopic (exact) mass is 376 g/mol. The number of carbonyl (C=O) groups is 3. The number of nitrogens with one attached hydrogen (secondary N) is 1. The highest BCUT2D eigenvalue weighted by Crippen LogP contribution is 2.13. The van der Waals surface area contributed by atoms with Gasteiger partial charge in [0.25, 0.3) is 5.91 Å². The molecule has 1 aliphatic rings. The zero-order chi connectivity index (χ0) is 19.9. The Morgan fingerprint density at radius 2 is 1.81 bits per heavy atom. The number of carboxylic acid groups (broad SMARTS) is 2. The summed E-state index contributed by atoms with van der Waals surface area (Å²) in [6, 6.07) is 6.49. The van der Waals surface area contributed by atoms with E-state index in [0.717, 1.165) is 19.4 Å². The Bertz CT molecular complexity index is 658. The first-order valence-corrected chi connectivity index (χ1v) is 7.64. The fraction of sp³-hybridized carbons (Fsp3) is 0.438. The molecule has 0 saturated carbocycles. The lowest BCUT2D eigenvalue weighted by Crippen LogP contribution is -2.38. The van der Waals surface area contributed by atoms with Crippen molar-refractivity contribution >= 4 is 17.8 Å². The zero-order valence-electron chi connectivity index (χ0n) is 13.9. The van der Waals surface area contributed by atoms with Gasteiger partial charge in [-0.2, -0.15) is 13.2 Å². The summed E-state index contributed by atoms with van der Waals surface area (Å²) in [6.07, 6.45) is -2.87. The Hall–Kier alpha value is -2.62. The van der Waals surface area contributed by atoms with Crippen molar-refractivity contribution in [3.05, 3.63) is 35.4 Å². The minimum atomic E-state index is -5.08. The minimum Gasteiger partial charge on any atom is -0.478 e. The molecule has 1 aliphatic heterocycles. The Balaban J connectivity index is 0.000000412. The number of amides is 1. The van der Waals surface area contributed by atoms with Crippen molar-refractivity contribution in [3.63, 3.8) is 0 Å². The Kier molecular flexibility index (Phi) is 7.56. The van der Waals surface area contributed by atoms with Crippen molar-refractivity contribution in [2.75, 3.05) is 20.1 Å². The fourth-order valence-corrected chi connectivity index (χ4v) is 2.33. The predicted molar refractivity (Wildman–Crippen MR) is 85.1 cm³/mol. The summed E-state index contributed by atoms with van der Waals surface area (Å²) >= 11 is 0. The maximum absolute atomic E-state index is 12.2. The number of likely N-dealkylation sites (N-methyl/N-ethyl adjacent to an activating group) is 1. The maximum atomic E-state index is 12.2. The van der Waals surface area contributed by atoms with Gasteiger partial charge in [-0.15, -0.1) is 0 Å². The molecule has 0 aliphatic carbocycles. The number of aromatic carboxylic acids is 1. The average molecular weight is 376 g/mol. The van der Waals surface area contributed by atoms with E-state index in [1.807, 2.05) is 0 Å². The van der Waals surface area contributed by atoms with Crippen molar-refractivity contribution in [2.24, 2.45) is 0 Å². The number of aliphatic carboxylic acids is 1. The van der Waals surface area contributed by atoms with Gasteiger partial charge in [-0.05, 0) is 37.6 Å². The topological polar surface area (TPSA) is 107 Å². The van der Waals surface area contributed by atoms with E-state index < -0.39 is 18.1 Å². The second-order valence-corrected chi connectivity index (χ2v) is 5.67. The normalized spacial score (nSPS) is 16.4. The average Bonchev–Trinajstić information content (AvgIpc) is 3.06. The number of carboxylic acids is 2. The van der Waals surface area contributed by atoms with E-state index in [-0.39, 0.29) is 11.5 Å². The lowest BCUT2D eigenvalue weighted by atomic mass is 10.1. The van der Waals surface area contributed by atoms with Gasteiger partial charge in [-0.3, -0.25) is 4.79 Å². The Morgan fingerprint density at radius 1 is 1.23 bits per heavy atom. The summed E-state index contributed by atoms with van der Waals surface area (Å²) in [5.74, 6) is -3.92. The van der Waals surface area contributed by atoms with E-state index >= 15 is 0 Å². The van der Waals surface area contributed by atoms with Crippen LogP contribution in [0.25, 0.3) is 0 Å². The van der Waals surface area contributed by atoms with E-state index in [1.165, 1.54) is 12.1 Å². The largest absolute Gasteiger partial charge is 0.490 e. The molecule has 1 unspecified atom stereocenters. The van der Waals surface area contributed by atoms with Crippen molar-refractivity contribution < 1.29 is 37.8 Å². The fourth-order valence-electron chi connectivity index (χ4n) is 2.33. The van der Waals surface area contributed by atoms with Gasteiger partial charge in [0, 0.05) is 25.2 Å². The molecule has 0 bridgehead atoms. The van der Waals surface area contributed by atoms with Crippen LogP contribution in [0.4, 0.5) is 13.2 Å². The molecule has 7 nitrogen and oxygen atoms in total. The van der Waals surface area contributed by atoms with Gasteiger partial charge in [-0.25, -0.2) is 9.59 Å². The third-order valence-corrected chi connectivity index (χ3v) is 3.60. The molecule has 1 aromatic rings. The molecule has 10 heteroatoms. The van der Waals surface area contributed by atoms with Crippen LogP contribution in [0, 0.1) is 0 Å². The second kappa shape index (κ2) is 9.18. The summed E-state index contributed by atoms with van der Waals surface area (Å²) in [5.41, 5.74) is 0.554. The van der Waals surface area contributed by atoms with Crippen LogP contribution < -0.4 is 5.32 Å². The molecule has 0 aromatic heterocycles. The lowest BCUT2D eigenvalue weighted by Gasteiger charge is -2.21. The summed E-state index contributed by atoms with van der Waals surface area (Å²) in [7, 11) is 1.75. The lowest BCUT2D eigenvalue weighted by molar-refractivity contribution is -0.192. The quantitative estimate of drug-likeness (QED) is 0.740. The molecule has 1 saturated heterocycles. The van der Waals surface area contributed by atoms with Gasteiger partial charge < -0.3 is 20.4 Å². The molecular formula is C16H19F3N2O5. The highest BCUT2D eigenvalue weighted by molar-refractivity contribution is 5.97. The molecule has 2 rings (SSSR count). The standard InChI is InChI=1S/C14H18N2O3.C2HF3O2/c1-16(9-12-6-3-7-15-12)13(17)10-4-2-5-11(8-10)14(18)19;3-2(4,5)1(6)7/h2,4-5,8,12,15H,3,6-7,9H2,1H3,(H,18,19);(H,6,7). The van der Waals surface area contributed by atoms with E-state index in [9.17, 15) is 22.8 Å². The van der Waals surface area contributed by atoms with Crippen LogP contribution in [-0.4, -0.2) is 65.3 Å². The highest BCUT2D eigenvalue weighted by Gasteiger charge is 2.38. The number of alkyl halides is 3. The molecule has 1 aromatic carbocycles. The van der Waals surface area contributed by atoms with E-state index in [2.05, 4.69) is 5.32 Å². The Labute approximate surface area is 147 Å². The van der Waals surface area contributed by atoms with Gasteiger partial charge in [-0.1, -0.05) is 6.07 Å².